The third kappa shape index (κ3) is 11.9. The molecule has 4 aromatic rings. The summed E-state index contributed by atoms with van der Waals surface area (Å²) in [5.74, 6) is -0.0225. The van der Waals surface area contributed by atoms with Crippen LogP contribution in [0.3, 0.4) is 0 Å². The van der Waals surface area contributed by atoms with Gasteiger partial charge >= 0.3 is 11.5 Å². The Kier molecular flexibility index (Phi) is 16.3. The second kappa shape index (κ2) is 21.1. The summed E-state index contributed by atoms with van der Waals surface area (Å²) in [5, 5.41) is 6.41. The first kappa shape index (κ1) is 60.0. The van der Waals surface area contributed by atoms with Gasteiger partial charge in [0.05, 0.1) is 32.4 Å². The molecule has 0 aromatic heterocycles. The maximum absolute atomic E-state index is 14.8. The number of sulfone groups is 3. The van der Waals surface area contributed by atoms with Crippen molar-refractivity contribution in [1.29, 1.82) is 0 Å². The summed E-state index contributed by atoms with van der Waals surface area (Å²) in [6.07, 6.45) is 6.41. The van der Waals surface area contributed by atoms with Gasteiger partial charge in [-0.1, -0.05) is 43.3 Å². The van der Waals surface area contributed by atoms with Gasteiger partial charge in [-0.05, 0) is 126 Å². The average Bonchev–Trinajstić information content (AvgIpc) is 3.50. The highest BCUT2D eigenvalue weighted by atomic mass is 32.3. The molecule has 7 rings (SSSR count). The van der Waals surface area contributed by atoms with Gasteiger partial charge in [0, 0.05) is 64.7 Å². The van der Waals surface area contributed by atoms with Crippen LogP contribution in [-0.2, 0) is 69.1 Å². The highest BCUT2D eigenvalue weighted by Crippen LogP contribution is 2.47. The van der Waals surface area contributed by atoms with Gasteiger partial charge in [-0.3, -0.25) is 4.79 Å². The molecule has 19 nitrogen and oxygen atoms in total. The fourth-order valence-electron chi connectivity index (χ4n) is 9.13. The van der Waals surface area contributed by atoms with E-state index in [0.29, 0.717) is 40.6 Å². The second-order valence-corrected chi connectivity index (χ2v) is 32.5. The molecule has 0 spiro atoms. The van der Waals surface area contributed by atoms with Crippen molar-refractivity contribution in [3.05, 3.63) is 130 Å². The average molecular weight is 1200 g/mol. The van der Waals surface area contributed by atoms with Crippen molar-refractivity contribution in [2.24, 2.45) is 5.41 Å². The lowest BCUT2D eigenvalue weighted by molar-refractivity contribution is -0.161. The zero-order chi connectivity index (χ0) is 58.1. The maximum atomic E-state index is 14.8. The van der Waals surface area contributed by atoms with Crippen LogP contribution in [0.25, 0.3) is 5.57 Å². The fraction of sp³-hybridized carbons (Fsp3) is 0.380. The third-order valence-corrected chi connectivity index (χ3v) is 26.9. The number of rotatable bonds is 17. The summed E-state index contributed by atoms with van der Waals surface area (Å²) in [5.41, 5.74) is -3.80. The van der Waals surface area contributed by atoms with E-state index in [1.54, 1.807) is 73.5 Å². The zero-order valence-corrected chi connectivity index (χ0v) is 48.4. The normalized spacial score (nSPS) is 17.6. The smallest absolute Gasteiger partial charge is 0.462 e. The topological polar surface area (TPSA) is 280 Å². The zero-order valence-electron chi connectivity index (χ0n) is 43.5. The Labute approximate surface area is 452 Å². The summed E-state index contributed by atoms with van der Waals surface area (Å²) in [6.45, 7) is 11.4. The number of aryl methyl sites for hydroxylation is 3. The lowest BCUT2D eigenvalue weighted by atomic mass is 9.87. The van der Waals surface area contributed by atoms with Crippen LogP contribution in [0.5, 0.6) is 5.75 Å². The van der Waals surface area contributed by atoms with Crippen molar-refractivity contribution in [3.63, 3.8) is 0 Å². The van der Waals surface area contributed by atoms with Crippen LogP contribution in [0.4, 0.5) is 30.2 Å². The summed E-state index contributed by atoms with van der Waals surface area (Å²) >= 11 is 0. The molecule has 0 bridgehead atoms. The van der Waals surface area contributed by atoms with E-state index >= 15 is 0 Å². The molecule has 2 aliphatic heterocycles. The van der Waals surface area contributed by atoms with Crippen molar-refractivity contribution in [2.75, 3.05) is 36.2 Å². The van der Waals surface area contributed by atoms with Crippen molar-refractivity contribution >= 4 is 88.2 Å². The monoisotopic (exact) mass is 1200 g/mol. The van der Waals surface area contributed by atoms with Crippen LogP contribution in [0, 0.1) is 33.1 Å². The molecule has 2 unspecified atom stereocenters. The molecule has 0 amide bonds. The number of alkyl halides is 3. The number of carbonyl (C=O) groups is 1. The number of nitrogens with zero attached hydrogens (tertiary/aromatic N) is 1. The van der Waals surface area contributed by atoms with Gasteiger partial charge in [0.15, 0.2) is 9.84 Å². The fourth-order valence-corrected chi connectivity index (χ4v) is 21.0. The Morgan fingerprint density at radius 1 is 0.782 bits per heavy atom. The third-order valence-electron chi connectivity index (χ3n) is 13.5. The van der Waals surface area contributed by atoms with Crippen LogP contribution < -0.4 is 19.5 Å². The Hall–Kier alpha value is -5.62. The van der Waals surface area contributed by atoms with Crippen LogP contribution in [-0.4, -0.2) is 108 Å². The van der Waals surface area contributed by atoms with Gasteiger partial charge in [-0.25, -0.2) is 50.5 Å². The highest BCUT2D eigenvalue weighted by Gasteiger charge is 2.60. The first-order chi connectivity index (χ1) is 35.8. The summed E-state index contributed by atoms with van der Waals surface area (Å²) < 4.78 is 210. The number of esters is 1. The number of anilines is 3. The SMILES string of the molecule is CCC(C)(C)C(=O)OC1CCN(S(=O)(=O)c2ccccc2C2=C3C=CC(Nc4c(C)ccc(S(=O)(=O)NS(C)(=O)=O)c4C)C=C3Oc3cc(Nc4c(C)cc(S(=O)(=O)C(S(C)(=O)=O)S(=O)(=O)C(F)(F)F)cc4C)ccc32)CC1. The van der Waals surface area contributed by atoms with E-state index in [-0.39, 0.29) is 93.1 Å². The van der Waals surface area contributed by atoms with E-state index in [2.05, 4.69) is 10.6 Å². The van der Waals surface area contributed by atoms with Gasteiger partial charge in [0.1, 0.15) is 17.6 Å². The molecule has 0 saturated carbocycles. The van der Waals surface area contributed by atoms with Crippen molar-refractivity contribution < 1.29 is 77.9 Å². The predicted molar refractivity (Wildman–Crippen MR) is 287 cm³/mol. The van der Waals surface area contributed by atoms with E-state index in [0.717, 1.165) is 12.1 Å². The first-order valence-corrected chi connectivity index (χ1v) is 33.7. The summed E-state index contributed by atoms with van der Waals surface area (Å²) in [7, 11) is -31.0. The number of hydrogen-bond acceptors (Lipinski definition) is 17. The number of sulfonamides is 3. The molecule has 1 fully saturated rings. The Morgan fingerprint density at radius 2 is 1.40 bits per heavy atom. The number of hydrogen-bond donors (Lipinski definition) is 3. The van der Waals surface area contributed by atoms with Crippen LogP contribution in [0.15, 0.2) is 111 Å². The summed E-state index contributed by atoms with van der Waals surface area (Å²) in [4.78, 5) is 11.5. The highest BCUT2D eigenvalue weighted by molar-refractivity contribution is 8.24. The number of halogens is 3. The van der Waals surface area contributed by atoms with E-state index < -0.39 is 91.5 Å². The minimum absolute atomic E-state index is 0.0430. The quantitative estimate of drug-likeness (QED) is 0.0881. The van der Waals surface area contributed by atoms with Gasteiger partial charge in [-0.15, -0.1) is 4.13 Å². The molecule has 4 aromatic carbocycles. The van der Waals surface area contributed by atoms with Crippen molar-refractivity contribution in [2.45, 2.75) is 104 Å². The van der Waals surface area contributed by atoms with Crippen LogP contribution >= 0.6 is 0 Å². The number of benzene rings is 4. The largest absolute Gasteiger partial charge is 0.499 e. The van der Waals surface area contributed by atoms with Gasteiger partial charge in [0.2, 0.25) is 29.9 Å². The van der Waals surface area contributed by atoms with Crippen LogP contribution in [0.2, 0.25) is 0 Å². The predicted octanol–water partition coefficient (Wildman–Crippen LogP) is 7.20. The number of carbonyl (C=O) groups excluding carboxylic acids is 1. The second-order valence-electron chi connectivity index (χ2n) is 19.9. The summed E-state index contributed by atoms with van der Waals surface area (Å²) in [6, 6.07) is 14.8. The van der Waals surface area contributed by atoms with Crippen LogP contribution in [0.1, 0.15) is 73.4 Å². The van der Waals surface area contributed by atoms with Crippen molar-refractivity contribution in [1.82, 2.24) is 8.43 Å². The van der Waals surface area contributed by atoms with E-state index in [1.165, 1.54) is 49.3 Å². The number of allylic oxidation sites excluding steroid dienone is 1. The Bertz CT molecular complexity index is 3920. The molecule has 3 aliphatic rings. The standard InChI is InChI=1S/C50H57F3N4O15S6/c1-10-49(6,7)47(58)71-35-21-23-57(24-22-35)78(69,70)43-14-12-11-13-39(43)44-37-18-16-33(54-45-30(3)25-36(26-31(45)4)75(63,64)48(73(8,59)60)76(65,66)50(51,52)53)27-40(37)72-41-28-34(17-19-38(41)44)55-46-29(2)15-20-42(32(46)5)77(67,68)56-74(9,61)62/h11-20,25-28,34-35,48,54-56H,10,21-24H2,1-9H3. The molecule has 0 radical (unpaired) electrons. The molecule has 424 valence electrons. The first-order valence-electron chi connectivity index (χ1n) is 23.8. The molecule has 2 heterocycles. The molecule has 1 saturated heterocycles. The van der Waals surface area contributed by atoms with E-state index in [9.17, 15) is 68.5 Å². The molecular weight excluding hydrogens is 1150 g/mol. The Balaban J connectivity index is 1.31. The molecule has 28 heteroatoms. The minimum atomic E-state index is -6.81. The van der Waals surface area contributed by atoms with Gasteiger partial charge < -0.3 is 20.1 Å². The number of nitrogens with one attached hydrogen (secondary N) is 3. The van der Waals surface area contributed by atoms with Crippen molar-refractivity contribution in [3.8, 4) is 5.75 Å². The Morgan fingerprint density at radius 3 is 1.97 bits per heavy atom. The molecule has 1 aliphatic carbocycles. The van der Waals surface area contributed by atoms with E-state index in [4.69, 9.17) is 9.47 Å². The van der Waals surface area contributed by atoms with Gasteiger partial charge in [0.25, 0.3) is 23.8 Å². The number of fused-ring (bicyclic) bond motifs is 2. The molecule has 2 atom stereocenters. The molecular formula is C50H57F3N4O15S6. The van der Waals surface area contributed by atoms with E-state index in [1.807, 2.05) is 6.92 Å². The molecule has 78 heavy (non-hydrogen) atoms. The number of piperidine rings is 1. The maximum Gasteiger partial charge on any atom is 0.499 e. The minimum Gasteiger partial charge on any atom is -0.462 e. The lowest BCUT2D eigenvalue weighted by Crippen LogP contribution is -2.44. The lowest BCUT2D eigenvalue weighted by Gasteiger charge is -2.34. The molecule has 3 N–H and O–H groups in total. The number of ether oxygens (including phenoxy) is 2. The van der Waals surface area contributed by atoms with Gasteiger partial charge in [-0.2, -0.15) is 17.5 Å².